The third kappa shape index (κ3) is 19.8. The Morgan fingerprint density at radius 1 is 0.760 bits per heavy atom. The van der Waals surface area contributed by atoms with Gasteiger partial charge in [-0.3, -0.25) is 4.18 Å². The highest BCUT2D eigenvalue weighted by atomic mass is 32.2. The van der Waals surface area contributed by atoms with Gasteiger partial charge in [0.15, 0.2) is 0 Å². The maximum atomic E-state index is 11.2. The summed E-state index contributed by atoms with van der Waals surface area (Å²) in [6.45, 7) is 2.12. The van der Waals surface area contributed by atoms with Gasteiger partial charge in [-0.1, -0.05) is 76.9 Å². The minimum Gasteiger partial charge on any atom is -0.395 e. The first-order chi connectivity index (χ1) is 12.1. The number of hydrogen-bond donors (Lipinski definition) is 1. The molecule has 0 heterocycles. The quantitative estimate of drug-likeness (QED) is 0.187. The molecule has 0 bridgehead atoms. The molecule has 0 aliphatic heterocycles. The third-order valence-electron chi connectivity index (χ3n) is 4.26. The minimum absolute atomic E-state index is 0.240. The highest BCUT2D eigenvalue weighted by Crippen LogP contribution is 2.10. The number of unbranched alkanes of at least 4 members (excludes halogenated alkanes) is 12. The number of hydrogen-bond acceptors (Lipinski definition) is 4. The van der Waals surface area contributed by atoms with Crippen LogP contribution in [0, 0.1) is 0 Å². The average Bonchev–Trinajstić information content (AvgIpc) is 2.57. The zero-order valence-electron chi connectivity index (χ0n) is 16.3. The highest BCUT2D eigenvalue weighted by molar-refractivity contribution is 7.86. The van der Waals surface area contributed by atoms with Crippen molar-refractivity contribution in [1.29, 1.82) is 0 Å². The Hall–Kier alpha value is -0.390. The summed E-state index contributed by atoms with van der Waals surface area (Å²) in [5, 5.41) is 8.58. The summed E-state index contributed by atoms with van der Waals surface area (Å²) >= 11 is 0. The number of allylic oxidation sites excluding steroid dienone is 2. The zero-order chi connectivity index (χ0) is 18.6. The molecule has 0 saturated carbocycles. The largest absolute Gasteiger partial charge is 0.395 e. The summed E-state index contributed by atoms with van der Waals surface area (Å²) in [7, 11) is -3.51. The molecule has 0 fully saturated rings. The van der Waals surface area contributed by atoms with E-state index in [1.165, 1.54) is 70.6 Å². The Morgan fingerprint density at radius 2 is 1.24 bits per heavy atom. The van der Waals surface area contributed by atoms with Crippen molar-refractivity contribution in [2.45, 2.75) is 96.8 Å². The second-order valence-corrected chi connectivity index (χ2v) is 8.50. The summed E-state index contributed by atoms with van der Waals surface area (Å²) in [5.41, 5.74) is 0. The zero-order valence-corrected chi connectivity index (χ0v) is 17.1. The first-order valence-electron chi connectivity index (χ1n) is 10.3. The van der Waals surface area contributed by atoms with Crippen LogP contribution >= 0.6 is 0 Å². The van der Waals surface area contributed by atoms with Crippen LogP contribution in [0.25, 0.3) is 0 Å². The van der Waals surface area contributed by atoms with Crippen molar-refractivity contribution in [3.05, 3.63) is 12.2 Å². The molecule has 0 radical (unpaired) electrons. The van der Waals surface area contributed by atoms with Crippen molar-refractivity contribution in [2.24, 2.45) is 0 Å². The van der Waals surface area contributed by atoms with Crippen LogP contribution in [0.15, 0.2) is 12.2 Å². The molecule has 0 atom stereocenters. The van der Waals surface area contributed by atoms with Crippen LogP contribution in [0.2, 0.25) is 0 Å². The SMILES string of the molecule is CCCCCCCCC=CCCCCCCCCOS(=O)(=O)CCO. The molecule has 0 aliphatic carbocycles. The third-order valence-corrected chi connectivity index (χ3v) is 5.47. The molecule has 0 rings (SSSR count). The molecule has 25 heavy (non-hydrogen) atoms. The fourth-order valence-corrected chi connectivity index (χ4v) is 3.42. The lowest BCUT2D eigenvalue weighted by molar-refractivity contribution is 0.285. The molecule has 0 amide bonds. The van der Waals surface area contributed by atoms with Crippen molar-refractivity contribution in [3.63, 3.8) is 0 Å². The first-order valence-corrected chi connectivity index (χ1v) is 11.8. The lowest BCUT2D eigenvalue weighted by Crippen LogP contribution is -2.14. The van der Waals surface area contributed by atoms with Gasteiger partial charge in [0, 0.05) is 0 Å². The van der Waals surface area contributed by atoms with Crippen LogP contribution in [0.4, 0.5) is 0 Å². The van der Waals surface area contributed by atoms with E-state index in [1.54, 1.807) is 0 Å². The van der Waals surface area contributed by atoms with Gasteiger partial charge in [-0.05, 0) is 32.1 Å². The van der Waals surface area contributed by atoms with Crippen LogP contribution in [-0.4, -0.2) is 32.5 Å². The molecule has 150 valence electrons. The molecule has 0 aliphatic rings. The smallest absolute Gasteiger partial charge is 0.269 e. The predicted octanol–water partition coefficient (Wildman–Crippen LogP) is 5.36. The summed E-state index contributed by atoms with van der Waals surface area (Å²) in [6.07, 6.45) is 21.8. The van der Waals surface area contributed by atoms with Gasteiger partial charge in [0.25, 0.3) is 10.1 Å². The maximum absolute atomic E-state index is 11.2. The molecule has 0 aromatic carbocycles. The highest BCUT2D eigenvalue weighted by Gasteiger charge is 2.08. The molecule has 0 spiro atoms. The molecular weight excluding hydrogens is 336 g/mol. The molecule has 4 nitrogen and oxygen atoms in total. The Morgan fingerprint density at radius 3 is 1.76 bits per heavy atom. The van der Waals surface area contributed by atoms with Gasteiger partial charge in [-0.25, -0.2) is 0 Å². The predicted molar refractivity (Wildman–Crippen MR) is 106 cm³/mol. The maximum Gasteiger partial charge on any atom is 0.269 e. The second kappa shape index (κ2) is 18.4. The van der Waals surface area contributed by atoms with E-state index in [2.05, 4.69) is 19.1 Å². The van der Waals surface area contributed by atoms with E-state index in [0.717, 1.165) is 19.3 Å². The van der Waals surface area contributed by atoms with Gasteiger partial charge in [-0.2, -0.15) is 8.42 Å². The minimum atomic E-state index is -3.51. The van der Waals surface area contributed by atoms with Crippen LogP contribution < -0.4 is 0 Å². The van der Waals surface area contributed by atoms with E-state index >= 15 is 0 Å². The van der Waals surface area contributed by atoms with Crippen LogP contribution in [0.5, 0.6) is 0 Å². The number of aliphatic hydroxyl groups is 1. The Labute approximate surface area is 156 Å². The normalized spacial score (nSPS) is 12.2. The van der Waals surface area contributed by atoms with E-state index in [9.17, 15) is 8.42 Å². The standard InChI is InChI=1S/C20H40O4S/c1-2-3-4-5-6-7-8-9-10-11-12-13-14-15-16-17-19-24-25(22,23)20-18-21/h9-10,21H,2-8,11-20H2,1H3. The van der Waals surface area contributed by atoms with Crippen molar-refractivity contribution in [1.82, 2.24) is 0 Å². The molecule has 0 aromatic rings. The fourth-order valence-electron chi connectivity index (χ4n) is 2.71. The van der Waals surface area contributed by atoms with Crippen LogP contribution in [-0.2, 0) is 14.3 Å². The monoisotopic (exact) mass is 376 g/mol. The summed E-state index contributed by atoms with van der Waals surface area (Å²) in [5.74, 6) is -0.306. The molecule has 5 heteroatoms. The van der Waals surface area contributed by atoms with Gasteiger partial charge in [-0.15, -0.1) is 0 Å². The Bertz CT molecular complexity index is 391. The first kappa shape index (κ1) is 24.6. The molecule has 0 saturated heterocycles. The average molecular weight is 377 g/mol. The van der Waals surface area contributed by atoms with Gasteiger partial charge < -0.3 is 5.11 Å². The van der Waals surface area contributed by atoms with Crippen LogP contribution in [0.1, 0.15) is 96.8 Å². The molecule has 0 unspecified atom stereocenters. The Kier molecular flexibility index (Phi) is 18.1. The molecular formula is C20H40O4S. The van der Waals surface area contributed by atoms with Crippen molar-refractivity contribution in [3.8, 4) is 0 Å². The van der Waals surface area contributed by atoms with Gasteiger partial charge in [0.1, 0.15) is 0 Å². The van der Waals surface area contributed by atoms with E-state index in [4.69, 9.17) is 9.29 Å². The summed E-state index contributed by atoms with van der Waals surface area (Å²) in [4.78, 5) is 0. The Balaban J connectivity index is 3.22. The van der Waals surface area contributed by atoms with Crippen LogP contribution in [0.3, 0.4) is 0 Å². The molecule has 0 aromatic heterocycles. The van der Waals surface area contributed by atoms with Gasteiger partial charge in [0.05, 0.1) is 19.0 Å². The van der Waals surface area contributed by atoms with E-state index in [0.29, 0.717) is 0 Å². The topological polar surface area (TPSA) is 63.6 Å². The van der Waals surface area contributed by atoms with E-state index in [-0.39, 0.29) is 19.0 Å². The molecule has 1 N–H and O–H groups in total. The number of rotatable bonds is 19. The second-order valence-electron chi connectivity index (χ2n) is 6.75. The van der Waals surface area contributed by atoms with Gasteiger partial charge >= 0.3 is 0 Å². The number of aliphatic hydroxyl groups excluding tert-OH is 1. The fraction of sp³-hybridized carbons (Fsp3) is 0.900. The van der Waals surface area contributed by atoms with Crippen molar-refractivity contribution >= 4 is 10.1 Å². The van der Waals surface area contributed by atoms with Crippen molar-refractivity contribution in [2.75, 3.05) is 19.0 Å². The lowest BCUT2D eigenvalue weighted by Gasteiger charge is -2.04. The summed E-state index contributed by atoms with van der Waals surface area (Å²) < 4.78 is 27.2. The summed E-state index contributed by atoms with van der Waals surface area (Å²) in [6, 6.07) is 0. The van der Waals surface area contributed by atoms with E-state index in [1.807, 2.05) is 0 Å². The van der Waals surface area contributed by atoms with Gasteiger partial charge in [0.2, 0.25) is 0 Å². The van der Waals surface area contributed by atoms with E-state index < -0.39 is 10.1 Å². The lowest BCUT2D eigenvalue weighted by atomic mass is 10.1. The van der Waals surface area contributed by atoms with Crippen molar-refractivity contribution < 1.29 is 17.7 Å².